The Balaban J connectivity index is 3.27. The third kappa shape index (κ3) is 1.43. The van der Waals surface area contributed by atoms with E-state index in [1.54, 1.807) is 12.1 Å². The topological polar surface area (TPSA) is 63.4 Å². The fourth-order valence-corrected chi connectivity index (χ4v) is 0.975. The van der Waals surface area contributed by atoms with E-state index in [0.29, 0.717) is 5.56 Å². The molecule has 0 unspecified atom stereocenters. The van der Waals surface area contributed by atoms with Gasteiger partial charge in [-0.2, -0.15) is 0 Å². The maximum Gasteiger partial charge on any atom is 0.275 e. The van der Waals surface area contributed by atoms with Gasteiger partial charge >= 0.3 is 0 Å². The Morgan fingerprint density at radius 2 is 2.25 bits per heavy atom. The van der Waals surface area contributed by atoms with Crippen LogP contribution in [-0.2, 0) is 6.61 Å². The van der Waals surface area contributed by atoms with Gasteiger partial charge in [-0.1, -0.05) is 12.1 Å². The van der Waals surface area contributed by atoms with Crippen molar-refractivity contribution in [2.24, 2.45) is 0 Å². The Bertz CT molecular complexity index is 309. The summed E-state index contributed by atoms with van der Waals surface area (Å²) in [5.74, 6) is 0. The number of rotatable bonds is 2. The number of nitro benzene ring substituents is 1. The standard InChI is InChI=1S/C8H8NO3/c1-6-3-2-4-8(9(11)12)7(6)5-10/h2-4,10H,1,5H2. The van der Waals surface area contributed by atoms with Gasteiger partial charge in [0, 0.05) is 6.07 Å². The van der Waals surface area contributed by atoms with E-state index in [1.165, 1.54) is 6.07 Å². The van der Waals surface area contributed by atoms with Gasteiger partial charge in [0.2, 0.25) is 0 Å². The molecule has 4 nitrogen and oxygen atoms in total. The molecule has 1 aromatic carbocycles. The van der Waals surface area contributed by atoms with E-state index in [1.807, 2.05) is 0 Å². The Morgan fingerprint density at radius 1 is 1.58 bits per heavy atom. The fraction of sp³-hybridized carbons (Fsp3) is 0.125. The molecule has 0 atom stereocenters. The normalized spacial score (nSPS) is 9.83. The maximum atomic E-state index is 10.4. The molecular weight excluding hydrogens is 158 g/mol. The number of aliphatic hydroxyl groups excluding tert-OH is 1. The molecular formula is C8H8NO3. The molecule has 1 aromatic rings. The lowest BCUT2D eigenvalue weighted by Crippen LogP contribution is -1.97. The number of hydrogen-bond acceptors (Lipinski definition) is 3. The van der Waals surface area contributed by atoms with Crippen LogP contribution in [0.4, 0.5) is 5.69 Å². The number of hydrogen-bond donors (Lipinski definition) is 1. The van der Waals surface area contributed by atoms with E-state index < -0.39 is 4.92 Å². The SMILES string of the molecule is [CH2]c1cccc([N+](=O)[O-])c1CO. The van der Waals surface area contributed by atoms with Gasteiger partial charge in [-0.25, -0.2) is 0 Å². The van der Waals surface area contributed by atoms with Gasteiger partial charge in [-0.05, 0) is 12.5 Å². The first-order valence-electron chi connectivity index (χ1n) is 3.36. The average Bonchev–Trinajstić information content (AvgIpc) is 2.03. The highest BCUT2D eigenvalue weighted by Crippen LogP contribution is 2.21. The fourth-order valence-electron chi connectivity index (χ4n) is 0.975. The number of nitrogens with zero attached hydrogens (tertiary/aromatic N) is 1. The van der Waals surface area contributed by atoms with Gasteiger partial charge in [-0.15, -0.1) is 0 Å². The molecule has 63 valence electrons. The summed E-state index contributed by atoms with van der Waals surface area (Å²) in [5, 5.41) is 19.2. The molecule has 0 heterocycles. The molecule has 0 saturated carbocycles. The first-order valence-corrected chi connectivity index (χ1v) is 3.36. The molecule has 0 aromatic heterocycles. The van der Waals surface area contributed by atoms with Gasteiger partial charge < -0.3 is 5.11 Å². The summed E-state index contributed by atoms with van der Waals surface area (Å²) < 4.78 is 0. The van der Waals surface area contributed by atoms with E-state index in [4.69, 9.17) is 5.11 Å². The zero-order valence-corrected chi connectivity index (χ0v) is 6.36. The van der Waals surface area contributed by atoms with Gasteiger partial charge in [-0.3, -0.25) is 10.1 Å². The minimum atomic E-state index is -0.528. The van der Waals surface area contributed by atoms with Crippen LogP contribution < -0.4 is 0 Å². The minimum Gasteiger partial charge on any atom is -0.391 e. The predicted molar refractivity (Wildman–Crippen MR) is 43.5 cm³/mol. The molecule has 12 heavy (non-hydrogen) atoms. The highest BCUT2D eigenvalue weighted by molar-refractivity contribution is 5.46. The van der Waals surface area contributed by atoms with Crippen molar-refractivity contribution in [3.63, 3.8) is 0 Å². The van der Waals surface area contributed by atoms with Crippen LogP contribution in [0.5, 0.6) is 0 Å². The molecule has 0 aliphatic rings. The molecule has 1 rings (SSSR count). The number of benzene rings is 1. The maximum absolute atomic E-state index is 10.4. The van der Waals surface area contributed by atoms with Crippen molar-refractivity contribution in [1.29, 1.82) is 0 Å². The molecule has 0 aliphatic heterocycles. The second kappa shape index (κ2) is 3.32. The van der Waals surface area contributed by atoms with Crippen molar-refractivity contribution in [3.8, 4) is 0 Å². The molecule has 0 fully saturated rings. The highest BCUT2D eigenvalue weighted by atomic mass is 16.6. The van der Waals surface area contributed by atoms with Crippen molar-refractivity contribution >= 4 is 5.69 Å². The summed E-state index contributed by atoms with van der Waals surface area (Å²) in [6.45, 7) is 3.22. The summed E-state index contributed by atoms with van der Waals surface area (Å²) in [6, 6.07) is 4.51. The molecule has 4 heteroatoms. The molecule has 1 N–H and O–H groups in total. The van der Waals surface area contributed by atoms with Crippen LogP contribution in [-0.4, -0.2) is 10.0 Å². The predicted octanol–water partition coefficient (Wildman–Crippen LogP) is 1.27. The van der Waals surface area contributed by atoms with Gasteiger partial charge in [0.15, 0.2) is 0 Å². The van der Waals surface area contributed by atoms with Crippen molar-refractivity contribution in [3.05, 3.63) is 46.4 Å². The van der Waals surface area contributed by atoms with Crippen LogP contribution in [0.25, 0.3) is 0 Å². The van der Waals surface area contributed by atoms with Crippen LogP contribution in [0, 0.1) is 17.0 Å². The molecule has 0 saturated heterocycles. The first-order chi connectivity index (χ1) is 5.66. The highest BCUT2D eigenvalue weighted by Gasteiger charge is 2.13. The largest absolute Gasteiger partial charge is 0.391 e. The molecule has 0 amide bonds. The van der Waals surface area contributed by atoms with E-state index in [-0.39, 0.29) is 17.9 Å². The third-order valence-corrected chi connectivity index (χ3v) is 1.60. The second-order valence-corrected chi connectivity index (χ2v) is 2.33. The van der Waals surface area contributed by atoms with Crippen molar-refractivity contribution in [2.75, 3.05) is 0 Å². The third-order valence-electron chi connectivity index (χ3n) is 1.60. The van der Waals surface area contributed by atoms with Crippen LogP contribution in [0.1, 0.15) is 11.1 Å². The Morgan fingerprint density at radius 3 is 2.67 bits per heavy atom. The van der Waals surface area contributed by atoms with E-state index in [2.05, 4.69) is 6.92 Å². The molecule has 0 aliphatic carbocycles. The number of nitro groups is 1. The van der Waals surface area contributed by atoms with E-state index >= 15 is 0 Å². The first kappa shape index (κ1) is 8.67. The van der Waals surface area contributed by atoms with Crippen molar-refractivity contribution in [2.45, 2.75) is 6.61 Å². The molecule has 0 bridgehead atoms. The van der Waals surface area contributed by atoms with Gasteiger partial charge in [0.1, 0.15) is 0 Å². The van der Waals surface area contributed by atoms with Gasteiger partial charge in [0.25, 0.3) is 5.69 Å². The summed E-state index contributed by atoms with van der Waals surface area (Å²) in [5.41, 5.74) is 0.694. The smallest absolute Gasteiger partial charge is 0.275 e. The van der Waals surface area contributed by atoms with Crippen LogP contribution in [0.2, 0.25) is 0 Å². The summed E-state index contributed by atoms with van der Waals surface area (Å²) in [7, 11) is 0. The Kier molecular flexibility index (Phi) is 2.40. The number of aliphatic hydroxyl groups is 1. The summed E-state index contributed by atoms with van der Waals surface area (Å²) in [4.78, 5) is 9.87. The lowest BCUT2D eigenvalue weighted by atomic mass is 10.1. The van der Waals surface area contributed by atoms with Crippen molar-refractivity contribution in [1.82, 2.24) is 0 Å². The average molecular weight is 166 g/mol. The van der Waals surface area contributed by atoms with Crippen molar-refractivity contribution < 1.29 is 10.0 Å². The van der Waals surface area contributed by atoms with Crippen LogP contribution in [0.3, 0.4) is 0 Å². The monoisotopic (exact) mass is 166 g/mol. The zero-order chi connectivity index (χ0) is 9.14. The second-order valence-electron chi connectivity index (χ2n) is 2.33. The Labute approximate surface area is 69.6 Å². The summed E-state index contributed by atoms with van der Waals surface area (Å²) >= 11 is 0. The minimum absolute atomic E-state index is 0.0787. The van der Waals surface area contributed by atoms with Crippen LogP contribution >= 0.6 is 0 Å². The summed E-state index contributed by atoms with van der Waals surface area (Å²) in [6.07, 6.45) is 0. The quantitative estimate of drug-likeness (QED) is 0.531. The van der Waals surface area contributed by atoms with Gasteiger partial charge in [0.05, 0.1) is 17.1 Å². The lowest BCUT2D eigenvalue weighted by molar-refractivity contribution is -0.385. The lowest BCUT2D eigenvalue weighted by Gasteiger charge is -2.01. The van der Waals surface area contributed by atoms with E-state index in [0.717, 1.165) is 0 Å². The zero-order valence-electron chi connectivity index (χ0n) is 6.36. The molecule has 1 radical (unpaired) electrons. The van der Waals surface area contributed by atoms with Crippen LogP contribution in [0.15, 0.2) is 18.2 Å². The molecule has 0 spiro atoms. The Hall–Kier alpha value is -1.42. The van der Waals surface area contributed by atoms with E-state index in [9.17, 15) is 10.1 Å².